The van der Waals surface area contributed by atoms with Crippen LogP contribution in [0.4, 0.5) is 11.5 Å². The standard InChI is InChI=1S/C18H18N6O4/c19-16-15-17(21-10-20-16)28-6-5-24(18(15)27)13-3-1-11(2-4-13)12-7-22-23(8-12)9-14(25)26/h1-4,7-8,10,14,25-26H,5-6,9H2,(H2,19,20,21). The Kier molecular flexibility index (Phi) is 4.63. The van der Waals surface area contributed by atoms with E-state index in [1.54, 1.807) is 17.3 Å². The molecule has 1 aromatic carbocycles. The highest BCUT2D eigenvalue weighted by Crippen LogP contribution is 2.29. The maximum Gasteiger partial charge on any atom is 0.267 e. The smallest absolute Gasteiger partial charge is 0.267 e. The molecule has 0 unspecified atom stereocenters. The summed E-state index contributed by atoms with van der Waals surface area (Å²) in [4.78, 5) is 22.4. The van der Waals surface area contributed by atoms with Crippen molar-refractivity contribution in [2.45, 2.75) is 12.8 Å². The molecule has 0 saturated carbocycles. The number of ether oxygens (including phenoxy) is 1. The molecule has 4 rings (SSSR count). The van der Waals surface area contributed by atoms with Crippen molar-refractivity contribution >= 4 is 17.4 Å². The summed E-state index contributed by atoms with van der Waals surface area (Å²) in [5.41, 5.74) is 8.40. The van der Waals surface area contributed by atoms with Crippen LogP contribution in [0.25, 0.3) is 11.1 Å². The third-order valence-corrected chi connectivity index (χ3v) is 4.35. The zero-order chi connectivity index (χ0) is 19.7. The number of nitrogens with zero attached hydrogens (tertiary/aromatic N) is 5. The van der Waals surface area contributed by atoms with E-state index in [0.717, 1.165) is 11.1 Å². The molecule has 0 radical (unpaired) electrons. The van der Waals surface area contributed by atoms with Gasteiger partial charge in [-0.2, -0.15) is 5.10 Å². The summed E-state index contributed by atoms with van der Waals surface area (Å²) in [5.74, 6) is -0.0461. The summed E-state index contributed by atoms with van der Waals surface area (Å²) in [7, 11) is 0. The Morgan fingerprint density at radius 2 is 1.96 bits per heavy atom. The number of nitrogens with two attached hydrogens (primary N) is 1. The van der Waals surface area contributed by atoms with E-state index in [1.165, 1.54) is 11.0 Å². The molecule has 1 amide bonds. The summed E-state index contributed by atoms with van der Waals surface area (Å²) < 4.78 is 6.98. The number of aliphatic hydroxyl groups excluding tert-OH is 1. The van der Waals surface area contributed by atoms with Crippen LogP contribution in [-0.2, 0) is 6.54 Å². The lowest BCUT2D eigenvalue weighted by atomic mass is 10.1. The highest BCUT2D eigenvalue weighted by Gasteiger charge is 2.28. The Morgan fingerprint density at radius 3 is 2.71 bits per heavy atom. The summed E-state index contributed by atoms with van der Waals surface area (Å²) in [5, 5.41) is 22.2. The lowest BCUT2D eigenvalue weighted by Crippen LogP contribution is -2.32. The number of nitrogen functional groups attached to an aromatic ring is 1. The van der Waals surface area contributed by atoms with Gasteiger partial charge in [0.25, 0.3) is 5.91 Å². The number of carbonyl (C=O) groups excluding carboxylic acids is 1. The van der Waals surface area contributed by atoms with Gasteiger partial charge in [0, 0.05) is 17.4 Å². The molecular weight excluding hydrogens is 364 g/mol. The fraction of sp³-hybridized carbons (Fsp3) is 0.222. The van der Waals surface area contributed by atoms with E-state index in [0.29, 0.717) is 12.2 Å². The van der Waals surface area contributed by atoms with E-state index < -0.39 is 6.29 Å². The molecule has 0 atom stereocenters. The molecule has 0 spiro atoms. The van der Waals surface area contributed by atoms with Gasteiger partial charge < -0.3 is 25.6 Å². The number of fused-ring (bicyclic) bond motifs is 1. The molecule has 0 fully saturated rings. The predicted molar refractivity (Wildman–Crippen MR) is 99.5 cm³/mol. The number of anilines is 2. The van der Waals surface area contributed by atoms with Crippen molar-refractivity contribution < 1.29 is 19.7 Å². The molecule has 10 nitrogen and oxygen atoms in total. The third-order valence-electron chi connectivity index (χ3n) is 4.35. The van der Waals surface area contributed by atoms with Crippen molar-refractivity contribution in [1.29, 1.82) is 0 Å². The average molecular weight is 382 g/mol. The number of benzene rings is 1. The fourth-order valence-electron chi connectivity index (χ4n) is 3.02. The molecule has 0 aliphatic carbocycles. The summed E-state index contributed by atoms with van der Waals surface area (Å²) >= 11 is 0. The number of hydrogen-bond donors (Lipinski definition) is 3. The molecular formula is C18H18N6O4. The number of hydrogen-bond acceptors (Lipinski definition) is 8. The first-order valence-electron chi connectivity index (χ1n) is 8.57. The Morgan fingerprint density at radius 1 is 1.18 bits per heavy atom. The molecule has 1 aliphatic rings. The largest absolute Gasteiger partial charge is 0.475 e. The van der Waals surface area contributed by atoms with E-state index in [9.17, 15) is 4.79 Å². The Labute approximate surface area is 159 Å². The number of rotatable bonds is 4. The Hall–Kier alpha value is -3.50. The van der Waals surface area contributed by atoms with Gasteiger partial charge in [-0.25, -0.2) is 9.97 Å². The van der Waals surface area contributed by atoms with Gasteiger partial charge in [0.05, 0.1) is 19.3 Å². The van der Waals surface area contributed by atoms with Gasteiger partial charge in [0.15, 0.2) is 6.29 Å². The molecule has 3 heterocycles. The second-order valence-electron chi connectivity index (χ2n) is 6.22. The summed E-state index contributed by atoms with van der Waals surface area (Å²) in [6.45, 7) is 0.622. The molecule has 144 valence electrons. The van der Waals surface area contributed by atoms with E-state index in [-0.39, 0.29) is 36.3 Å². The maximum absolute atomic E-state index is 12.9. The summed E-state index contributed by atoms with van der Waals surface area (Å²) in [6, 6.07) is 7.35. The van der Waals surface area contributed by atoms with Crippen LogP contribution in [0, 0.1) is 0 Å². The highest BCUT2D eigenvalue weighted by molar-refractivity contribution is 6.10. The average Bonchev–Trinajstić information content (AvgIpc) is 3.05. The van der Waals surface area contributed by atoms with E-state index in [2.05, 4.69) is 15.1 Å². The van der Waals surface area contributed by atoms with Gasteiger partial charge in [-0.05, 0) is 17.7 Å². The van der Waals surface area contributed by atoms with Crippen LogP contribution in [0.5, 0.6) is 5.88 Å². The molecule has 10 heteroatoms. The number of aliphatic hydroxyl groups is 2. The van der Waals surface area contributed by atoms with Crippen molar-refractivity contribution in [3.63, 3.8) is 0 Å². The number of amides is 1. The Bertz CT molecular complexity index is 1000. The minimum absolute atomic E-state index is 0.0106. The van der Waals surface area contributed by atoms with Crippen LogP contribution in [0.15, 0.2) is 43.0 Å². The third kappa shape index (κ3) is 3.38. The first-order valence-corrected chi connectivity index (χ1v) is 8.57. The van der Waals surface area contributed by atoms with Crippen LogP contribution in [0.1, 0.15) is 10.4 Å². The van der Waals surface area contributed by atoms with Gasteiger partial charge in [0.2, 0.25) is 5.88 Å². The van der Waals surface area contributed by atoms with Gasteiger partial charge in [-0.1, -0.05) is 12.1 Å². The highest BCUT2D eigenvalue weighted by atomic mass is 16.5. The van der Waals surface area contributed by atoms with Crippen molar-refractivity contribution in [3.05, 3.63) is 48.5 Å². The fourth-order valence-corrected chi connectivity index (χ4v) is 3.02. The van der Waals surface area contributed by atoms with Crippen molar-refractivity contribution in [1.82, 2.24) is 19.7 Å². The van der Waals surface area contributed by atoms with Crippen molar-refractivity contribution in [2.24, 2.45) is 0 Å². The van der Waals surface area contributed by atoms with Gasteiger partial charge in [-0.15, -0.1) is 0 Å². The van der Waals surface area contributed by atoms with Crippen LogP contribution >= 0.6 is 0 Å². The number of carbonyl (C=O) groups is 1. The molecule has 28 heavy (non-hydrogen) atoms. The van der Waals surface area contributed by atoms with E-state index >= 15 is 0 Å². The molecule has 2 aromatic heterocycles. The predicted octanol–water partition coefficient (Wildman–Crippen LogP) is 0.272. The van der Waals surface area contributed by atoms with Crippen LogP contribution in [0.3, 0.4) is 0 Å². The van der Waals surface area contributed by atoms with E-state index in [1.807, 2.05) is 24.3 Å². The van der Waals surface area contributed by atoms with Gasteiger partial charge in [0.1, 0.15) is 24.3 Å². The monoisotopic (exact) mass is 382 g/mol. The van der Waals surface area contributed by atoms with Gasteiger partial charge >= 0.3 is 0 Å². The molecule has 3 aromatic rings. The molecule has 0 bridgehead atoms. The first-order chi connectivity index (χ1) is 13.5. The summed E-state index contributed by atoms with van der Waals surface area (Å²) in [6.07, 6.45) is 3.15. The minimum Gasteiger partial charge on any atom is -0.475 e. The topological polar surface area (TPSA) is 140 Å². The second kappa shape index (κ2) is 7.25. The Balaban J connectivity index is 1.59. The quantitative estimate of drug-likeness (QED) is 0.547. The van der Waals surface area contributed by atoms with E-state index in [4.69, 9.17) is 20.7 Å². The number of aromatic nitrogens is 4. The first kappa shape index (κ1) is 17.9. The molecule has 0 saturated heterocycles. The van der Waals surface area contributed by atoms with Crippen LogP contribution < -0.4 is 15.4 Å². The van der Waals surface area contributed by atoms with Crippen LogP contribution in [-0.4, -0.2) is 55.3 Å². The SMILES string of the molecule is Nc1ncnc2c1C(=O)N(c1ccc(-c3cnn(CC(O)O)c3)cc1)CCO2. The second-order valence-corrected chi connectivity index (χ2v) is 6.22. The zero-order valence-electron chi connectivity index (χ0n) is 14.8. The lowest BCUT2D eigenvalue weighted by molar-refractivity contribution is -0.0534. The minimum atomic E-state index is -1.47. The molecule has 1 aliphatic heterocycles. The maximum atomic E-state index is 12.9. The van der Waals surface area contributed by atoms with Crippen molar-refractivity contribution in [3.8, 4) is 17.0 Å². The van der Waals surface area contributed by atoms with Gasteiger partial charge in [-0.3, -0.25) is 9.48 Å². The lowest BCUT2D eigenvalue weighted by Gasteiger charge is -2.20. The van der Waals surface area contributed by atoms with Crippen molar-refractivity contribution in [2.75, 3.05) is 23.8 Å². The molecule has 4 N–H and O–H groups in total. The zero-order valence-corrected chi connectivity index (χ0v) is 14.8. The van der Waals surface area contributed by atoms with Crippen LogP contribution in [0.2, 0.25) is 0 Å². The normalized spacial score (nSPS) is 14.0.